The normalized spacial score (nSPS) is 12.9. The van der Waals surface area contributed by atoms with Crippen molar-refractivity contribution in [3.8, 4) is 0 Å². The van der Waals surface area contributed by atoms with Crippen LogP contribution in [-0.4, -0.2) is 10.2 Å². The van der Waals surface area contributed by atoms with Crippen molar-refractivity contribution < 1.29 is 4.42 Å². The molecule has 1 atom stereocenters. The molecule has 0 unspecified atom stereocenters. The molecule has 0 fully saturated rings. The monoisotopic (exact) mass is 273 g/mol. The van der Waals surface area contributed by atoms with E-state index in [1.165, 1.54) is 0 Å². The Hall–Kier alpha value is -1.72. The lowest BCUT2D eigenvalue weighted by molar-refractivity contribution is 0.450. The largest absolute Gasteiger partial charge is 0.459 e. The second kappa shape index (κ2) is 5.11. The van der Waals surface area contributed by atoms with Crippen molar-refractivity contribution in [3.63, 3.8) is 0 Å². The Kier molecular flexibility index (Phi) is 3.31. The minimum Gasteiger partial charge on any atom is -0.459 e. The Morgan fingerprint density at radius 1 is 1.32 bits per heavy atom. The number of hydrogen-bond acceptors (Lipinski definition) is 5. The van der Waals surface area contributed by atoms with Gasteiger partial charge in [-0.1, -0.05) is 18.2 Å². The van der Waals surface area contributed by atoms with Crippen LogP contribution in [0.15, 0.2) is 34.7 Å². The van der Waals surface area contributed by atoms with E-state index < -0.39 is 0 Å². The van der Waals surface area contributed by atoms with E-state index in [9.17, 15) is 0 Å². The summed E-state index contributed by atoms with van der Waals surface area (Å²) in [4.78, 5) is 0. The van der Waals surface area contributed by atoms with Gasteiger partial charge in [-0.3, -0.25) is 0 Å². The first-order valence-corrected chi connectivity index (χ1v) is 7.05. The van der Waals surface area contributed by atoms with Crippen LogP contribution in [0.25, 0.3) is 11.0 Å². The molecule has 1 aromatic carbocycles. The fourth-order valence-corrected chi connectivity index (χ4v) is 2.63. The van der Waals surface area contributed by atoms with Crippen molar-refractivity contribution in [2.75, 3.05) is 0 Å². The van der Waals surface area contributed by atoms with Crippen LogP contribution in [0.2, 0.25) is 0 Å². The summed E-state index contributed by atoms with van der Waals surface area (Å²) < 4.78 is 5.83. The van der Waals surface area contributed by atoms with E-state index >= 15 is 0 Å². The Labute approximate surface area is 115 Å². The molecule has 2 aromatic heterocycles. The van der Waals surface area contributed by atoms with E-state index in [1.54, 1.807) is 11.3 Å². The maximum atomic E-state index is 5.83. The van der Waals surface area contributed by atoms with Gasteiger partial charge < -0.3 is 9.73 Å². The predicted octanol–water partition coefficient (Wildman–Crippen LogP) is 3.44. The van der Waals surface area contributed by atoms with Crippen molar-refractivity contribution in [1.29, 1.82) is 0 Å². The summed E-state index contributed by atoms with van der Waals surface area (Å²) in [5.74, 6) is 0.947. The van der Waals surface area contributed by atoms with E-state index in [1.807, 2.05) is 25.1 Å². The van der Waals surface area contributed by atoms with Gasteiger partial charge in [-0.15, -0.1) is 21.5 Å². The Balaban J connectivity index is 1.71. The van der Waals surface area contributed by atoms with E-state index in [4.69, 9.17) is 4.42 Å². The average Bonchev–Trinajstić information content (AvgIpc) is 3.01. The van der Waals surface area contributed by atoms with Crippen molar-refractivity contribution in [2.45, 2.75) is 26.4 Å². The number of para-hydroxylation sites is 1. The lowest BCUT2D eigenvalue weighted by Crippen LogP contribution is -2.17. The summed E-state index contributed by atoms with van der Waals surface area (Å²) in [6, 6.07) is 10.3. The fraction of sp³-hybridized carbons (Fsp3) is 0.286. The van der Waals surface area contributed by atoms with E-state index in [0.717, 1.165) is 26.7 Å². The third-order valence-corrected chi connectivity index (χ3v) is 3.84. The maximum Gasteiger partial charge on any atom is 0.134 e. The molecular formula is C14H15N3OS. The SMILES string of the molecule is Cc1nnc(CN[C@H](C)c2cc3ccccc3o2)s1. The van der Waals surface area contributed by atoms with Gasteiger partial charge in [0, 0.05) is 5.39 Å². The summed E-state index contributed by atoms with van der Waals surface area (Å²) in [6.45, 7) is 4.76. The highest BCUT2D eigenvalue weighted by Crippen LogP contribution is 2.23. The van der Waals surface area contributed by atoms with E-state index in [0.29, 0.717) is 6.54 Å². The zero-order valence-corrected chi connectivity index (χ0v) is 11.7. The van der Waals surface area contributed by atoms with E-state index in [2.05, 4.69) is 34.6 Å². The lowest BCUT2D eigenvalue weighted by Gasteiger charge is -2.08. The Bertz CT molecular complexity index is 656. The van der Waals surface area contributed by atoms with Gasteiger partial charge in [0.25, 0.3) is 0 Å². The first kappa shape index (κ1) is 12.3. The van der Waals surface area contributed by atoms with Crippen LogP contribution in [0.1, 0.15) is 28.7 Å². The molecule has 0 aliphatic heterocycles. The van der Waals surface area contributed by atoms with Gasteiger partial charge in [-0.2, -0.15) is 0 Å². The number of aromatic nitrogens is 2. The summed E-state index contributed by atoms with van der Waals surface area (Å²) in [5, 5.41) is 14.6. The van der Waals surface area contributed by atoms with Gasteiger partial charge in [0.15, 0.2) is 0 Å². The van der Waals surface area contributed by atoms with Crippen molar-refractivity contribution in [3.05, 3.63) is 46.1 Å². The summed E-state index contributed by atoms with van der Waals surface area (Å²) >= 11 is 1.61. The third-order valence-electron chi connectivity index (χ3n) is 3.00. The van der Waals surface area contributed by atoms with Crippen LogP contribution in [0.5, 0.6) is 0 Å². The van der Waals surface area contributed by atoms with Crippen molar-refractivity contribution in [2.24, 2.45) is 0 Å². The molecule has 0 aliphatic rings. The highest BCUT2D eigenvalue weighted by atomic mass is 32.1. The minimum absolute atomic E-state index is 0.150. The van der Waals surface area contributed by atoms with Crippen LogP contribution in [-0.2, 0) is 6.54 Å². The maximum absolute atomic E-state index is 5.83. The molecule has 0 saturated carbocycles. The number of nitrogens with zero attached hydrogens (tertiary/aromatic N) is 2. The zero-order valence-electron chi connectivity index (χ0n) is 10.9. The van der Waals surface area contributed by atoms with Crippen LogP contribution in [0, 0.1) is 6.92 Å². The molecule has 19 heavy (non-hydrogen) atoms. The molecule has 0 bridgehead atoms. The second-order valence-electron chi connectivity index (χ2n) is 4.50. The molecule has 0 aliphatic carbocycles. The first-order chi connectivity index (χ1) is 9.22. The summed E-state index contributed by atoms with van der Waals surface area (Å²) in [6.07, 6.45) is 0. The zero-order chi connectivity index (χ0) is 13.2. The van der Waals surface area contributed by atoms with Crippen LogP contribution < -0.4 is 5.32 Å². The molecule has 3 rings (SSSR count). The molecule has 1 N–H and O–H groups in total. The molecule has 0 radical (unpaired) electrons. The van der Waals surface area contributed by atoms with Crippen LogP contribution >= 0.6 is 11.3 Å². The quantitative estimate of drug-likeness (QED) is 0.791. The van der Waals surface area contributed by atoms with Gasteiger partial charge in [-0.05, 0) is 26.0 Å². The number of aryl methyl sites for hydroxylation is 1. The molecular weight excluding hydrogens is 258 g/mol. The Morgan fingerprint density at radius 3 is 2.89 bits per heavy atom. The first-order valence-electron chi connectivity index (χ1n) is 6.23. The van der Waals surface area contributed by atoms with E-state index in [-0.39, 0.29) is 6.04 Å². The highest BCUT2D eigenvalue weighted by molar-refractivity contribution is 7.11. The summed E-state index contributed by atoms with van der Waals surface area (Å²) in [7, 11) is 0. The Morgan fingerprint density at radius 2 is 2.16 bits per heavy atom. The molecule has 3 aromatic rings. The number of hydrogen-bond donors (Lipinski definition) is 1. The smallest absolute Gasteiger partial charge is 0.134 e. The number of furan rings is 1. The molecule has 0 amide bonds. The van der Waals surface area contributed by atoms with Gasteiger partial charge >= 0.3 is 0 Å². The number of fused-ring (bicyclic) bond motifs is 1. The van der Waals surface area contributed by atoms with Gasteiger partial charge in [0.05, 0.1) is 12.6 Å². The molecule has 5 heteroatoms. The fourth-order valence-electron chi connectivity index (χ4n) is 1.97. The van der Waals surface area contributed by atoms with Gasteiger partial charge in [-0.25, -0.2) is 0 Å². The number of rotatable bonds is 4. The van der Waals surface area contributed by atoms with Gasteiger partial charge in [0.2, 0.25) is 0 Å². The minimum atomic E-state index is 0.150. The molecule has 2 heterocycles. The lowest BCUT2D eigenvalue weighted by atomic mass is 10.2. The topological polar surface area (TPSA) is 51.0 Å². The molecule has 0 spiro atoms. The molecule has 4 nitrogen and oxygen atoms in total. The highest BCUT2D eigenvalue weighted by Gasteiger charge is 2.11. The van der Waals surface area contributed by atoms with Crippen LogP contribution in [0.3, 0.4) is 0 Å². The average molecular weight is 273 g/mol. The number of benzene rings is 1. The predicted molar refractivity (Wildman–Crippen MR) is 76.1 cm³/mol. The summed E-state index contributed by atoms with van der Waals surface area (Å²) in [5.41, 5.74) is 0.929. The van der Waals surface area contributed by atoms with Crippen molar-refractivity contribution >= 4 is 22.3 Å². The third kappa shape index (κ3) is 2.67. The van der Waals surface area contributed by atoms with Crippen LogP contribution in [0.4, 0.5) is 0 Å². The standard InChI is InChI=1S/C14H15N3OS/c1-9(15-8-14-17-16-10(2)19-14)13-7-11-5-3-4-6-12(11)18-13/h3-7,9,15H,8H2,1-2H3/t9-/m1/s1. The van der Waals surface area contributed by atoms with Gasteiger partial charge in [0.1, 0.15) is 21.4 Å². The molecule has 98 valence electrons. The molecule has 0 saturated heterocycles. The number of nitrogens with one attached hydrogen (secondary N) is 1. The second-order valence-corrected chi connectivity index (χ2v) is 5.77. The van der Waals surface area contributed by atoms with Crippen molar-refractivity contribution in [1.82, 2.24) is 15.5 Å².